The molecule has 4 heterocycles. The highest BCUT2D eigenvalue weighted by Gasteiger charge is 2.41. The summed E-state index contributed by atoms with van der Waals surface area (Å²) >= 11 is 1.17. The molecule has 13 heteroatoms. The Morgan fingerprint density at radius 1 is 1.14 bits per heavy atom. The summed E-state index contributed by atoms with van der Waals surface area (Å²) in [5, 5.41) is 9.57. The molecule has 0 saturated carbocycles. The van der Waals surface area contributed by atoms with E-state index in [0.717, 1.165) is 5.56 Å². The molecule has 2 aliphatic rings. The Hall–Kier alpha value is -3.35. The van der Waals surface area contributed by atoms with Crippen molar-refractivity contribution in [2.45, 2.75) is 50.4 Å². The molecular formula is C24H22F5N5O2S. The van der Waals surface area contributed by atoms with E-state index in [2.05, 4.69) is 15.2 Å². The van der Waals surface area contributed by atoms with Crippen LogP contribution < -0.4 is 0 Å². The summed E-state index contributed by atoms with van der Waals surface area (Å²) in [7, 11) is 0. The zero-order valence-electron chi connectivity index (χ0n) is 19.4. The van der Waals surface area contributed by atoms with Gasteiger partial charge in [0, 0.05) is 37.7 Å². The number of likely N-dealkylation sites (tertiary alicyclic amines) is 1. The van der Waals surface area contributed by atoms with Crippen molar-refractivity contribution in [3.05, 3.63) is 69.4 Å². The van der Waals surface area contributed by atoms with Gasteiger partial charge in [-0.3, -0.25) is 9.48 Å². The first kappa shape index (κ1) is 25.3. The number of carbonyl (C=O) groups is 1. The maximum absolute atomic E-state index is 15.8. The quantitative estimate of drug-likeness (QED) is 0.368. The predicted molar refractivity (Wildman–Crippen MR) is 124 cm³/mol. The Morgan fingerprint density at radius 2 is 1.86 bits per heavy atom. The molecule has 5 rings (SSSR count). The number of aromatic nitrogens is 3. The zero-order valence-corrected chi connectivity index (χ0v) is 20.2. The van der Waals surface area contributed by atoms with Crippen LogP contribution in [0.25, 0.3) is 0 Å². The van der Waals surface area contributed by atoms with Gasteiger partial charge in [0.25, 0.3) is 12.9 Å². The Labute approximate surface area is 212 Å². The second-order valence-electron chi connectivity index (χ2n) is 8.88. The summed E-state index contributed by atoms with van der Waals surface area (Å²) in [5.74, 6) is -0.600. The number of rotatable bonds is 7. The van der Waals surface area contributed by atoms with E-state index in [-0.39, 0.29) is 37.0 Å². The van der Waals surface area contributed by atoms with E-state index < -0.39 is 42.4 Å². The monoisotopic (exact) mass is 539 g/mol. The fourth-order valence-electron chi connectivity index (χ4n) is 4.40. The van der Waals surface area contributed by atoms with Crippen molar-refractivity contribution in [1.29, 1.82) is 0 Å². The molecular weight excluding hydrogens is 517 g/mol. The van der Waals surface area contributed by atoms with E-state index in [1.54, 1.807) is 5.38 Å². The van der Waals surface area contributed by atoms with Crippen molar-refractivity contribution >= 4 is 23.0 Å². The average molecular weight is 540 g/mol. The molecule has 1 unspecified atom stereocenters. The zero-order chi connectivity index (χ0) is 26.2. The molecule has 1 aromatic carbocycles. The molecule has 1 atom stereocenters. The van der Waals surface area contributed by atoms with Crippen LogP contribution in [0.15, 0.2) is 46.9 Å². The lowest BCUT2D eigenvalue weighted by molar-refractivity contribution is -0.135. The van der Waals surface area contributed by atoms with Gasteiger partial charge >= 0.3 is 0 Å². The molecule has 1 amide bonds. The number of benzene rings is 1. The number of carbonyl (C=O) groups excluding carboxylic acids is 1. The van der Waals surface area contributed by atoms with Crippen molar-refractivity contribution in [1.82, 2.24) is 19.7 Å². The van der Waals surface area contributed by atoms with Gasteiger partial charge in [-0.25, -0.2) is 26.9 Å². The number of amides is 1. The minimum absolute atomic E-state index is 0.0252. The number of thiazole rings is 1. The molecule has 2 aliphatic heterocycles. The van der Waals surface area contributed by atoms with E-state index in [1.807, 2.05) is 30.3 Å². The van der Waals surface area contributed by atoms with Gasteiger partial charge in [-0.15, -0.1) is 11.3 Å². The lowest BCUT2D eigenvalue weighted by Crippen LogP contribution is -2.44. The average Bonchev–Trinajstić information content (AvgIpc) is 3.64. The van der Waals surface area contributed by atoms with Gasteiger partial charge in [-0.2, -0.15) is 5.10 Å². The SMILES string of the molecule is O=C(Cn1nc(C(F)F)cc1C(F)F)N1CCC(F)(c2nc(C3=NOC(c4ccccc4)C3)cs2)CC1. The maximum Gasteiger partial charge on any atom is 0.282 e. The molecule has 3 aromatic rings. The third-order valence-electron chi connectivity index (χ3n) is 6.49. The largest absolute Gasteiger partial charge is 0.387 e. The molecule has 1 saturated heterocycles. The third kappa shape index (κ3) is 5.22. The fraction of sp³-hybridized carbons (Fsp3) is 0.417. The maximum atomic E-state index is 15.8. The number of hydrogen-bond donors (Lipinski definition) is 0. The van der Waals surface area contributed by atoms with Crippen LogP contribution in [-0.2, 0) is 21.8 Å². The Morgan fingerprint density at radius 3 is 2.54 bits per heavy atom. The highest BCUT2D eigenvalue weighted by atomic mass is 32.1. The van der Waals surface area contributed by atoms with E-state index in [9.17, 15) is 22.4 Å². The van der Waals surface area contributed by atoms with E-state index in [1.165, 1.54) is 16.2 Å². The molecule has 1 fully saturated rings. The molecule has 0 spiro atoms. The van der Waals surface area contributed by atoms with Gasteiger partial charge < -0.3 is 9.74 Å². The van der Waals surface area contributed by atoms with E-state index in [4.69, 9.17) is 4.84 Å². The van der Waals surface area contributed by atoms with Gasteiger partial charge in [0.2, 0.25) is 5.91 Å². The highest BCUT2D eigenvalue weighted by molar-refractivity contribution is 7.10. The van der Waals surface area contributed by atoms with Gasteiger partial charge in [0.1, 0.15) is 28.7 Å². The van der Waals surface area contributed by atoms with Crippen molar-refractivity contribution in [2.24, 2.45) is 5.16 Å². The molecule has 2 aromatic heterocycles. The first-order valence-electron chi connectivity index (χ1n) is 11.6. The highest BCUT2D eigenvalue weighted by Crippen LogP contribution is 2.40. The first-order chi connectivity index (χ1) is 17.7. The van der Waals surface area contributed by atoms with Crippen molar-refractivity contribution in [2.75, 3.05) is 13.1 Å². The topological polar surface area (TPSA) is 72.6 Å². The fourth-order valence-corrected chi connectivity index (χ4v) is 5.38. The number of halogens is 5. The van der Waals surface area contributed by atoms with Gasteiger partial charge in [-0.05, 0) is 11.6 Å². The smallest absolute Gasteiger partial charge is 0.282 e. The van der Waals surface area contributed by atoms with Gasteiger partial charge in [0.15, 0.2) is 11.8 Å². The van der Waals surface area contributed by atoms with Gasteiger partial charge in [-0.1, -0.05) is 35.5 Å². The molecule has 0 radical (unpaired) electrons. The van der Waals surface area contributed by atoms with Crippen molar-refractivity contribution < 1.29 is 31.6 Å². The minimum Gasteiger partial charge on any atom is -0.387 e. The van der Waals surface area contributed by atoms with Crippen LogP contribution in [0, 0.1) is 0 Å². The Kier molecular flexibility index (Phi) is 6.97. The molecule has 0 aliphatic carbocycles. The van der Waals surface area contributed by atoms with Crippen LogP contribution in [0.3, 0.4) is 0 Å². The Balaban J connectivity index is 1.20. The van der Waals surface area contributed by atoms with Crippen LogP contribution in [0.4, 0.5) is 22.0 Å². The lowest BCUT2D eigenvalue weighted by Gasteiger charge is -2.35. The number of hydrogen-bond acceptors (Lipinski definition) is 6. The lowest BCUT2D eigenvalue weighted by atomic mass is 9.94. The molecule has 0 bridgehead atoms. The number of oxime groups is 1. The van der Waals surface area contributed by atoms with E-state index in [0.29, 0.717) is 28.6 Å². The molecule has 7 nitrogen and oxygen atoms in total. The second-order valence-corrected chi connectivity index (χ2v) is 9.74. The number of piperidine rings is 1. The minimum atomic E-state index is -3.07. The third-order valence-corrected chi connectivity index (χ3v) is 7.52. The van der Waals surface area contributed by atoms with Crippen LogP contribution in [0.2, 0.25) is 0 Å². The van der Waals surface area contributed by atoms with Gasteiger partial charge in [0.05, 0.1) is 5.69 Å². The molecule has 196 valence electrons. The first-order valence-corrected chi connectivity index (χ1v) is 12.5. The molecule has 0 N–H and O–H groups in total. The van der Waals surface area contributed by atoms with Crippen LogP contribution in [-0.4, -0.2) is 44.4 Å². The number of nitrogens with zero attached hydrogens (tertiary/aromatic N) is 5. The van der Waals surface area contributed by atoms with Crippen molar-refractivity contribution in [3.63, 3.8) is 0 Å². The second kappa shape index (κ2) is 10.2. The summed E-state index contributed by atoms with van der Waals surface area (Å²) in [6, 6.07) is 10.2. The Bertz CT molecular complexity index is 1290. The van der Waals surface area contributed by atoms with Crippen LogP contribution in [0.1, 0.15) is 65.9 Å². The van der Waals surface area contributed by atoms with E-state index >= 15 is 4.39 Å². The predicted octanol–water partition coefficient (Wildman–Crippen LogP) is 5.57. The van der Waals surface area contributed by atoms with Crippen LogP contribution >= 0.6 is 11.3 Å². The summed E-state index contributed by atoms with van der Waals surface area (Å²) < 4.78 is 68.6. The van der Waals surface area contributed by atoms with Crippen molar-refractivity contribution in [3.8, 4) is 0 Å². The molecule has 37 heavy (non-hydrogen) atoms. The summed E-state index contributed by atoms with van der Waals surface area (Å²) in [4.78, 5) is 24.0. The number of alkyl halides is 5. The summed E-state index contributed by atoms with van der Waals surface area (Å²) in [6.45, 7) is -0.579. The van der Waals surface area contributed by atoms with Crippen LogP contribution in [0.5, 0.6) is 0 Å². The summed E-state index contributed by atoms with van der Waals surface area (Å²) in [6.07, 6.45) is -5.90. The normalized spacial score (nSPS) is 19.4. The summed E-state index contributed by atoms with van der Waals surface area (Å²) in [5.41, 5.74) is -1.19. The standard InChI is InChI=1S/C24H22F5N5O2S/c25-21(26)16-10-18(22(27)28)34(31-16)12-20(35)33-8-6-24(29,7-9-33)23-30-17(13-37-23)15-11-19(36-32-15)14-4-2-1-3-5-14/h1-5,10,13,19,21-22H,6-9,11-12H2.